The van der Waals surface area contributed by atoms with Crippen molar-refractivity contribution in [3.8, 4) is 0 Å². The van der Waals surface area contributed by atoms with Gasteiger partial charge in [0.2, 0.25) is 0 Å². The number of ether oxygens (including phenoxy) is 2. The van der Waals surface area contributed by atoms with Gasteiger partial charge in [-0.1, -0.05) is 0 Å². The van der Waals surface area contributed by atoms with Gasteiger partial charge in [-0.15, -0.1) is 24.0 Å². The molecule has 2 N–H and O–H groups in total. The summed E-state index contributed by atoms with van der Waals surface area (Å²) in [6.45, 7) is 12.3. The van der Waals surface area contributed by atoms with Crippen LogP contribution in [0.3, 0.4) is 0 Å². The van der Waals surface area contributed by atoms with Gasteiger partial charge in [-0.2, -0.15) is 0 Å². The summed E-state index contributed by atoms with van der Waals surface area (Å²) in [6, 6.07) is 0. The summed E-state index contributed by atoms with van der Waals surface area (Å²) in [6.07, 6.45) is 1.51. The minimum Gasteiger partial charge on any atom is -0.444 e. The number of carbonyl (C=O) groups is 1. The Morgan fingerprint density at radius 3 is 2.64 bits per heavy atom. The predicted octanol–water partition coefficient (Wildman–Crippen LogP) is 2.45. The first-order valence-corrected chi connectivity index (χ1v) is 8.86. The maximum absolute atomic E-state index is 11.6. The van der Waals surface area contributed by atoms with Crippen molar-refractivity contribution >= 4 is 36.0 Å². The van der Waals surface area contributed by atoms with Crippen molar-refractivity contribution in [2.24, 2.45) is 10.9 Å². The van der Waals surface area contributed by atoms with Gasteiger partial charge < -0.3 is 25.0 Å². The van der Waals surface area contributed by atoms with Crippen LogP contribution in [0.15, 0.2) is 4.99 Å². The largest absolute Gasteiger partial charge is 0.444 e. The molecule has 0 aromatic heterocycles. The molecule has 0 aliphatic carbocycles. The number of rotatable bonds is 7. The van der Waals surface area contributed by atoms with Crippen LogP contribution in [0.1, 0.15) is 40.5 Å². The second-order valence-corrected chi connectivity index (χ2v) is 7.13. The molecule has 1 fully saturated rings. The topological polar surface area (TPSA) is 75.2 Å². The van der Waals surface area contributed by atoms with Crippen LogP contribution in [0.5, 0.6) is 0 Å². The highest BCUT2D eigenvalue weighted by Crippen LogP contribution is 2.13. The van der Waals surface area contributed by atoms with Gasteiger partial charge in [-0.05, 0) is 40.5 Å². The number of hydrogen-bond donors (Lipinski definition) is 2. The van der Waals surface area contributed by atoms with Gasteiger partial charge in [0.1, 0.15) is 5.60 Å². The minimum atomic E-state index is -0.465. The van der Waals surface area contributed by atoms with Crippen LogP contribution in [0.2, 0.25) is 0 Å². The van der Waals surface area contributed by atoms with Crippen molar-refractivity contribution in [2.45, 2.75) is 46.1 Å². The lowest BCUT2D eigenvalue weighted by Gasteiger charge is -2.24. The Hall–Kier alpha value is -0.770. The SMILES string of the molecule is CCNC(=NCCCNC(=O)OC(C)(C)C)N(C)CC1CCOC1.I. The van der Waals surface area contributed by atoms with E-state index in [9.17, 15) is 4.79 Å². The zero-order chi connectivity index (χ0) is 18.0. The highest BCUT2D eigenvalue weighted by molar-refractivity contribution is 14.0. The van der Waals surface area contributed by atoms with Gasteiger partial charge in [0.05, 0.1) is 6.61 Å². The molecule has 0 radical (unpaired) electrons. The smallest absolute Gasteiger partial charge is 0.407 e. The molecule has 8 heteroatoms. The fraction of sp³-hybridized carbons (Fsp3) is 0.882. The van der Waals surface area contributed by atoms with E-state index < -0.39 is 5.60 Å². The first-order chi connectivity index (χ1) is 11.3. The van der Waals surface area contributed by atoms with Gasteiger partial charge in [-0.25, -0.2) is 4.79 Å². The minimum absolute atomic E-state index is 0. The Morgan fingerprint density at radius 1 is 1.36 bits per heavy atom. The standard InChI is InChI=1S/C17H34N4O3.HI/c1-6-18-15(21(5)12-14-8-11-23-13-14)19-9-7-10-20-16(22)24-17(2,3)4;/h14H,6-13H2,1-5H3,(H,18,19)(H,20,22);1H. The number of alkyl carbamates (subject to hydrolysis) is 1. The zero-order valence-electron chi connectivity index (χ0n) is 16.3. The van der Waals surface area contributed by atoms with Gasteiger partial charge >= 0.3 is 6.09 Å². The maximum atomic E-state index is 11.6. The van der Waals surface area contributed by atoms with E-state index in [-0.39, 0.29) is 30.1 Å². The third-order valence-corrected chi connectivity index (χ3v) is 3.52. The molecule has 0 saturated carbocycles. The molecule has 1 unspecified atom stereocenters. The number of aliphatic imine (C=N–C) groups is 1. The second-order valence-electron chi connectivity index (χ2n) is 7.13. The summed E-state index contributed by atoms with van der Waals surface area (Å²) < 4.78 is 10.6. The van der Waals surface area contributed by atoms with Gasteiger partial charge in [0, 0.05) is 45.8 Å². The molecule has 7 nitrogen and oxygen atoms in total. The molecule has 148 valence electrons. The van der Waals surface area contributed by atoms with Gasteiger partial charge in [0.25, 0.3) is 0 Å². The molecule has 25 heavy (non-hydrogen) atoms. The average Bonchev–Trinajstić information content (AvgIpc) is 2.96. The van der Waals surface area contributed by atoms with Gasteiger partial charge in [0.15, 0.2) is 5.96 Å². The van der Waals surface area contributed by atoms with E-state index in [1.54, 1.807) is 0 Å². The van der Waals surface area contributed by atoms with Crippen LogP contribution < -0.4 is 10.6 Å². The fourth-order valence-electron chi connectivity index (χ4n) is 2.44. The van der Waals surface area contributed by atoms with Crippen LogP contribution in [0.25, 0.3) is 0 Å². The number of nitrogens with one attached hydrogen (secondary N) is 2. The normalized spacial score (nSPS) is 17.6. The molecule has 0 bridgehead atoms. The van der Waals surface area contributed by atoms with E-state index in [0.717, 1.165) is 45.1 Å². The molecule has 1 saturated heterocycles. The highest BCUT2D eigenvalue weighted by Gasteiger charge is 2.19. The summed E-state index contributed by atoms with van der Waals surface area (Å²) in [5, 5.41) is 6.06. The quantitative estimate of drug-likeness (QED) is 0.259. The molecule has 0 aromatic rings. The van der Waals surface area contributed by atoms with Crippen molar-refractivity contribution in [3.05, 3.63) is 0 Å². The third kappa shape index (κ3) is 11.5. The Morgan fingerprint density at radius 2 is 2.08 bits per heavy atom. The summed E-state index contributed by atoms with van der Waals surface area (Å²) in [5.74, 6) is 1.48. The number of carbonyl (C=O) groups excluding carboxylic acids is 1. The van der Waals surface area contributed by atoms with Crippen molar-refractivity contribution < 1.29 is 14.3 Å². The lowest BCUT2D eigenvalue weighted by atomic mass is 10.1. The highest BCUT2D eigenvalue weighted by atomic mass is 127. The van der Waals surface area contributed by atoms with E-state index in [4.69, 9.17) is 9.47 Å². The maximum Gasteiger partial charge on any atom is 0.407 e. The number of hydrogen-bond acceptors (Lipinski definition) is 4. The fourth-order valence-corrected chi connectivity index (χ4v) is 2.44. The molecule has 1 rings (SSSR count). The lowest BCUT2D eigenvalue weighted by molar-refractivity contribution is 0.0527. The Kier molecular flexibility index (Phi) is 12.2. The zero-order valence-corrected chi connectivity index (χ0v) is 18.6. The number of halogens is 1. The van der Waals surface area contributed by atoms with Crippen molar-refractivity contribution in [2.75, 3.05) is 46.4 Å². The molecule has 1 heterocycles. The molecule has 0 spiro atoms. The number of nitrogens with zero attached hydrogens (tertiary/aromatic N) is 2. The van der Waals surface area contributed by atoms with Crippen LogP contribution >= 0.6 is 24.0 Å². The molecule has 0 aromatic carbocycles. The Bertz CT molecular complexity index is 407. The Labute approximate surface area is 169 Å². The summed E-state index contributed by atoms with van der Waals surface area (Å²) in [7, 11) is 2.05. The molecule has 1 aliphatic heterocycles. The van der Waals surface area contributed by atoms with E-state index in [1.165, 1.54) is 0 Å². The van der Waals surface area contributed by atoms with E-state index in [2.05, 4.69) is 34.5 Å². The first-order valence-electron chi connectivity index (χ1n) is 8.86. The molecule has 1 atom stereocenters. The monoisotopic (exact) mass is 470 g/mol. The summed E-state index contributed by atoms with van der Waals surface area (Å²) in [4.78, 5) is 18.3. The third-order valence-electron chi connectivity index (χ3n) is 3.52. The first kappa shape index (κ1) is 24.2. The van der Waals surface area contributed by atoms with Crippen LogP contribution in [0, 0.1) is 5.92 Å². The predicted molar refractivity (Wildman–Crippen MR) is 112 cm³/mol. The van der Waals surface area contributed by atoms with E-state index >= 15 is 0 Å². The van der Waals surface area contributed by atoms with Crippen molar-refractivity contribution in [1.82, 2.24) is 15.5 Å². The molecule has 1 aliphatic rings. The lowest BCUT2D eigenvalue weighted by Crippen LogP contribution is -2.41. The molecule has 1 amide bonds. The Balaban J connectivity index is 0.00000576. The number of guanidine groups is 1. The molecular formula is C17H35IN4O3. The van der Waals surface area contributed by atoms with Crippen LogP contribution in [-0.4, -0.2) is 69.0 Å². The van der Waals surface area contributed by atoms with Crippen molar-refractivity contribution in [3.63, 3.8) is 0 Å². The number of amides is 1. The van der Waals surface area contributed by atoms with Gasteiger partial charge in [-0.3, -0.25) is 4.99 Å². The second kappa shape index (κ2) is 12.6. The van der Waals surface area contributed by atoms with E-state index in [1.807, 2.05) is 20.8 Å². The molecular weight excluding hydrogens is 435 g/mol. The summed E-state index contributed by atoms with van der Waals surface area (Å²) >= 11 is 0. The van der Waals surface area contributed by atoms with Crippen LogP contribution in [0.4, 0.5) is 4.79 Å². The average molecular weight is 470 g/mol. The van der Waals surface area contributed by atoms with E-state index in [0.29, 0.717) is 19.0 Å². The summed E-state index contributed by atoms with van der Waals surface area (Å²) in [5.41, 5.74) is -0.465. The van der Waals surface area contributed by atoms with Crippen molar-refractivity contribution in [1.29, 1.82) is 0 Å². The van der Waals surface area contributed by atoms with Crippen LogP contribution in [-0.2, 0) is 9.47 Å².